The Morgan fingerprint density at radius 3 is 3.05 bits per heavy atom. The average Bonchev–Trinajstić information content (AvgIpc) is 3.16. The molecule has 0 unspecified atom stereocenters. The number of oxazole rings is 1. The minimum Gasteiger partial charge on any atom is -0.480 e. The zero-order valence-electron chi connectivity index (χ0n) is 10.9. The predicted molar refractivity (Wildman–Crippen MR) is 73.1 cm³/mol. The third-order valence-corrected chi connectivity index (χ3v) is 4.06. The number of thiophene rings is 1. The summed E-state index contributed by atoms with van der Waals surface area (Å²) in [6.07, 6.45) is 1.19. The number of carbonyl (C=O) groups excluding carboxylic acids is 1. The van der Waals surface area contributed by atoms with Gasteiger partial charge in [-0.1, -0.05) is 6.07 Å². The van der Waals surface area contributed by atoms with Crippen LogP contribution in [0.2, 0.25) is 0 Å². The van der Waals surface area contributed by atoms with Gasteiger partial charge in [-0.2, -0.15) is 0 Å². The lowest BCUT2D eigenvalue weighted by Gasteiger charge is -2.32. The topological polar surface area (TPSA) is 92.9 Å². The molecule has 3 rings (SSSR count). The highest BCUT2D eigenvalue weighted by Crippen LogP contribution is 2.28. The number of carboxylic acids is 1. The summed E-state index contributed by atoms with van der Waals surface area (Å²) >= 11 is 1.42. The Bertz CT molecular complexity index is 651. The van der Waals surface area contributed by atoms with E-state index in [1.807, 2.05) is 17.5 Å². The first-order chi connectivity index (χ1) is 10.2. The molecule has 0 aliphatic carbocycles. The van der Waals surface area contributed by atoms with Crippen LogP contribution >= 0.6 is 11.3 Å². The Hall–Kier alpha value is -2.19. The number of nitrogens with zero attached hydrogens (tertiary/aromatic N) is 2. The summed E-state index contributed by atoms with van der Waals surface area (Å²) < 4.78 is 10.4. The molecule has 0 aromatic carbocycles. The molecule has 1 saturated heterocycles. The first kappa shape index (κ1) is 13.8. The minimum atomic E-state index is -1.09. The van der Waals surface area contributed by atoms with Crippen LogP contribution in [-0.2, 0) is 9.53 Å². The standard InChI is InChI=1S/C13H12N2O5S/c16-12(15-3-4-19-6-8(15)13(17)18)10-11(20-7-14-10)9-2-1-5-21-9/h1-2,5,7-8H,3-4,6H2,(H,17,18)/t8-/m1/s1. The van der Waals surface area contributed by atoms with Crippen LogP contribution in [0.5, 0.6) is 0 Å². The van der Waals surface area contributed by atoms with Gasteiger partial charge in [-0.25, -0.2) is 9.78 Å². The highest BCUT2D eigenvalue weighted by molar-refractivity contribution is 7.13. The normalized spacial score (nSPS) is 18.7. The Morgan fingerprint density at radius 2 is 2.33 bits per heavy atom. The van der Waals surface area contributed by atoms with Crippen molar-refractivity contribution < 1.29 is 23.8 Å². The minimum absolute atomic E-state index is 0.0206. The second-order valence-electron chi connectivity index (χ2n) is 4.43. The molecule has 21 heavy (non-hydrogen) atoms. The Kier molecular flexibility index (Phi) is 3.72. The molecular formula is C13H12N2O5S. The van der Waals surface area contributed by atoms with E-state index in [-0.39, 0.29) is 18.8 Å². The number of aromatic nitrogens is 1. The van der Waals surface area contributed by atoms with Crippen molar-refractivity contribution in [2.75, 3.05) is 19.8 Å². The zero-order valence-corrected chi connectivity index (χ0v) is 11.7. The van der Waals surface area contributed by atoms with E-state index in [4.69, 9.17) is 9.15 Å². The summed E-state index contributed by atoms with van der Waals surface area (Å²) in [5.41, 5.74) is 0.130. The largest absolute Gasteiger partial charge is 0.480 e. The zero-order chi connectivity index (χ0) is 14.8. The van der Waals surface area contributed by atoms with Gasteiger partial charge in [0.1, 0.15) is 0 Å². The van der Waals surface area contributed by atoms with Gasteiger partial charge in [-0.3, -0.25) is 4.79 Å². The first-order valence-electron chi connectivity index (χ1n) is 6.27. The molecule has 0 radical (unpaired) electrons. The number of morpholine rings is 1. The van der Waals surface area contributed by atoms with Crippen LogP contribution < -0.4 is 0 Å². The van der Waals surface area contributed by atoms with E-state index in [0.717, 1.165) is 4.88 Å². The molecule has 0 spiro atoms. The number of hydrogen-bond donors (Lipinski definition) is 1. The molecule has 1 N–H and O–H groups in total. The molecule has 3 heterocycles. The van der Waals surface area contributed by atoms with Gasteiger partial charge in [0.05, 0.1) is 18.1 Å². The second kappa shape index (κ2) is 5.66. The Morgan fingerprint density at radius 1 is 1.48 bits per heavy atom. The van der Waals surface area contributed by atoms with Crippen molar-refractivity contribution in [3.05, 3.63) is 29.6 Å². The van der Waals surface area contributed by atoms with E-state index in [9.17, 15) is 14.7 Å². The van der Waals surface area contributed by atoms with E-state index >= 15 is 0 Å². The molecule has 1 aliphatic rings. The molecule has 0 bridgehead atoms. The predicted octanol–water partition coefficient (Wildman–Crippen LogP) is 1.33. The van der Waals surface area contributed by atoms with Crippen molar-refractivity contribution in [2.45, 2.75) is 6.04 Å². The van der Waals surface area contributed by atoms with Gasteiger partial charge >= 0.3 is 5.97 Å². The number of carbonyl (C=O) groups is 2. The lowest BCUT2D eigenvalue weighted by Crippen LogP contribution is -2.52. The third kappa shape index (κ3) is 2.55. The molecule has 2 aromatic rings. The van der Waals surface area contributed by atoms with Crippen LogP contribution in [0.15, 0.2) is 28.3 Å². The van der Waals surface area contributed by atoms with E-state index in [1.165, 1.54) is 22.6 Å². The van der Waals surface area contributed by atoms with Gasteiger partial charge in [0.25, 0.3) is 5.91 Å². The second-order valence-corrected chi connectivity index (χ2v) is 5.38. The number of aliphatic carboxylic acids is 1. The summed E-state index contributed by atoms with van der Waals surface area (Å²) in [4.78, 5) is 29.8. The average molecular weight is 308 g/mol. The molecular weight excluding hydrogens is 296 g/mol. The van der Waals surface area contributed by atoms with Crippen molar-refractivity contribution >= 4 is 23.2 Å². The van der Waals surface area contributed by atoms with Crippen LogP contribution in [0, 0.1) is 0 Å². The van der Waals surface area contributed by atoms with Gasteiger partial charge < -0.3 is 19.2 Å². The van der Waals surface area contributed by atoms with Crippen molar-refractivity contribution in [3.8, 4) is 10.6 Å². The SMILES string of the molecule is O=C(O)[C@H]1COCCN1C(=O)c1ncoc1-c1cccs1. The van der Waals surface area contributed by atoms with Crippen molar-refractivity contribution in [1.82, 2.24) is 9.88 Å². The monoisotopic (exact) mass is 308 g/mol. The number of hydrogen-bond acceptors (Lipinski definition) is 6. The maximum absolute atomic E-state index is 12.6. The fraction of sp³-hybridized carbons (Fsp3) is 0.308. The van der Waals surface area contributed by atoms with Crippen molar-refractivity contribution in [1.29, 1.82) is 0 Å². The van der Waals surface area contributed by atoms with Gasteiger partial charge in [0.2, 0.25) is 0 Å². The molecule has 1 atom stereocenters. The van der Waals surface area contributed by atoms with E-state index in [2.05, 4.69) is 4.98 Å². The molecule has 7 nitrogen and oxygen atoms in total. The number of rotatable bonds is 3. The number of ether oxygens (including phenoxy) is 1. The maximum Gasteiger partial charge on any atom is 0.328 e. The van der Waals surface area contributed by atoms with Crippen molar-refractivity contribution in [2.24, 2.45) is 0 Å². The van der Waals surface area contributed by atoms with Crippen LogP contribution in [0.3, 0.4) is 0 Å². The summed E-state index contributed by atoms with van der Waals surface area (Å²) in [5.74, 6) is -1.18. The van der Waals surface area contributed by atoms with Crippen LogP contribution in [-0.4, -0.2) is 52.7 Å². The summed E-state index contributed by atoms with van der Waals surface area (Å²) in [5, 5.41) is 11.1. The number of carboxylic acid groups (broad SMARTS) is 1. The summed E-state index contributed by atoms with van der Waals surface area (Å²) in [6.45, 7) is 0.501. The van der Waals surface area contributed by atoms with Crippen LogP contribution in [0.25, 0.3) is 10.6 Å². The Balaban J connectivity index is 1.92. The molecule has 8 heteroatoms. The highest BCUT2D eigenvalue weighted by Gasteiger charge is 2.35. The van der Waals surface area contributed by atoms with Crippen molar-refractivity contribution in [3.63, 3.8) is 0 Å². The van der Waals surface area contributed by atoms with Gasteiger partial charge in [0.15, 0.2) is 23.9 Å². The summed E-state index contributed by atoms with van der Waals surface area (Å²) in [7, 11) is 0. The molecule has 1 aliphatic heterocycles. The van der Waals surface area contributed by atoms with Crippen LogP contribution in [0.4, 0.5) is 0 Å². The summed E-state index contributed by atoms with van der Waals surface area (Å²) in [6, 6.07) is 2.65. The highest BCUT2D eigenvalue weighted by atomic mass is 32.1. The molecule has 0 saturated carbocycles. The maximum atomic E-state index is 12.6. The van der Waals surface area contributed by atoms with Gasteiger partial charge in [-0.05, 0) is 11.4 Å². The van der Waals surface area contributed by atoms with Crippen LogP contribution in [0.1, 0.15) is 10.5 Å². The van der Waals surface area contributed by atoms with E-state index in [0.29, 0.717) is 12.4 Å². The lowest BCUT2D eigenvalue weighted by molar-refractivity contribution is -0.147. The molecule has 1 amide bonds. The van der Waals surface area contributed by atoms with E-state index in [1.54, 1.807) is 0 Å². The smallest absolute Gasteiger partial charge is 0.328 e. The molecule has 2 aromatic heterocycles. The number of amides is 1. The quantitative estimate of drug-likeness (QED) is 0.919. The lowest BCUT2D eigenvalue weighted by atomic mass is 10.2. The fourth-order valence-corrected chi connectivity index (χ4v) is 2.88. The first-order valence-corrected chi connectivity index (χ1v) is 7.15. The molecule has 1 fully saturated rings. The van der Waals surface area contributed by atoms with Gasteiger partial charge in [0, 0.05) is 6.54 Å². The molecule has 110 valence electrons. The third-order valence-electron chi connectivity index (χ3n) is 3.19. The van der Waals surface area contributed by atoms with Gasteiger partial charge in [-0.15, -0.1) is 11.3 Å². The Labute approximate surface area is 123 Å². The fourth-order valence-electron chi connectivity index (χ4n) is 2.17. The van der Waals surface area contributed by atoms with E-state index < -0.39 is 17.9 Å².